The maximum absolute atomic E-state index is 13.7. The van der Waals surface area contributed by atoms with Crippen LogP contribution in [0.15, 0.2) is 48.2 Å². The molecule has 2 heterocycles. The van der Waals surface area contributed by atoms with Gasteiger partial charge in [-0.3, -0.25) is 9.59 Å². The van der Waals surface area contributed by atoms with Crippen LogP contribution in [0.1, 0.15) is 36.1 Å². The number of morpholine rings is 1. The first kappa shape index (κ1) is 20.4. The van der Waals surface area contributed by atoms with E-state index in [1.54, 1.807) is 0 Å². The smallest absolute Gasteiger partial charge is 0.282 e. The first-order valence-electron chi connectivity index (χ1n) is 10.4. The molecule has 0 N–H and O–H groups in total. The zero-order chi connectivity index (χ0) is 21.6. The number of amides is 2. The number of hydrogen-bond donors (Lipinski definition) is 0. The average molecular weight is 405 g/mol. The van der Waals surface area contributed by atoms with E-state index in [-0.39, 0.29) is 24.0 Å². The zero-order valence-electron chi connectivity index (χ0n) is 18.2. The first-order valence-corrected chi connectivity index (χ1v) is 10.4. The van der Waals surface area contributed by atoms with E-state index >= 15 is 0 Å². The van der Waals surface area contributed by atoms with Crippen molar-refractivity contribution in [2.45, 2.75) is 46.8 Å². The predicted octanol–water partition coefficient (Wildman–Crippen LogP) is 4.01. The standard InChI is InChI=1S/C25H28N2O3/c1-15-9-11-20(12-10-15)22-23(26-13-17(3)30-18(4)14-26)25(29)27(24(22)28)21-8-6-7-16(2)19(21)5/h6-12,17-18H,13-14H2,1-5H3. The second kappa shape index (κ2) is 7.73. The van der Waals surface area contributed by atoms with Gasteiger partial charge in [0.2, 0.25) is 0 Å². The number of imide groups is 1. The van der Waals surface area contributed by atoms with Crippen molar-refractivity contribution in [3.8, 4) is 0 Å². The number of aryl methyl sites for hydroxylation is 2. The molecule has 0 spiro atoms. The van der Waals surface area contributed by atoms with Gasteiger partial charge in [-0.1, -0.05) is 42.0 Å². The van der Waals surface area contributed by atoms with Gasteiger partial charge in [0.15, 0.2) is 0 Å². The molecule has 0 saturated carbocycles. The highest BCUT2D eigenvalue weighted by Gasteiger charge is 2.44. The Morgan fingerprint density at radius 3 is 2.13 bits per heavy atom. The lowest BCUT2D eigenvalue weighted by atomic mass is 10.0. The maximum Gasteiger partial charge on any atom is 0.282 e. The van der Waals surface area contributed by atoms with E-state index in [4.69, 9.17) is 4.74 Å². The molecule has 2 atom stereocenters. The third-order valence-electron chi connectivity index (χ3n) is 5.95. The fourth-order valence-electron chi connectivity index (χ4n) is 4.35. The number of benzene rings is 2. The number of anilines is 1. The third-order valence-corrected chi connectivity index (χ3v) is 5.95. The van der Waals surface area contributed by atoms with E-state index in [1.807, 2.05) is 82.0 Å². The molecule has 0 aliphatic carbocycles. The maximum atomic E-state index is 13.7. The number of carbonyl (C=O) groups is 2. The molecule has 0 aromatic heterocycles. The molecule has 0 radical (unpaired) electrons. The average Bonchev–Trinajstić information content (AvgIpc) is 2.94. The van der Waals surface area contributed by atoms with Crippen LogP contribution in [-0.2, 0) is 14.3 Å². The summed E-state index contributed by atoms with van der Waals surface area (Å²) in [5, 5.41) is 0. The highest BCUT2D eigenvalue weighted by Crippen LogP contribution is 2.37. The molecule has 30 heavy (non-hydrogen) atoms. The molecular formula is C25H28N2O3. The minimum Gasteiger partial charge on any atom is -0.372 e. The number of nitrogens with zero attached hydrogens (tertiary/aromatic N) is 2. The van der Waals surface area contributed by atoms with Gasteiger partial charge in [0.05, 0.1) is 23.5 Å². The lowest BCUT2D eigenvalue weighted by Gasteiger charge is -2.37. The Labute approximate surface area is 177 Å². The highest BCUT2D eigenvalue weighted by atomic mass is 16.5. The Kier molecular flexibility index (Phi) is 5.24. The minimum absolute atomic E-state index is 0.0156. The van der Waals surface area contributed by atoms with Crippen molar-refractivity contribution in [2.75, 3.05) is 18.0 Å². The van der Waals surface area contributed by atoms with Crippen LogP contribution in [0.4, 0.5) is 5.69 Å². The molecule has 2 aliphatic heterocycles. The second-order valence-electron chi connectivity index (χ2n) is 8.42. The Morgan fingerprint density at radius 2 is 1.50 bits per heavy atom. The monoisotopic (exact) mass is 404 g/mol. The van der Waals surface area contributed by atoms with Crippen molar-refractivity contribution in [1.29, 1.82) is 0 Å². The van der Waals surface area contributed by atoms with Crippen LogP contribution in [0, 0.1) is 20.8 Å². The van der Waals surface area contributed by atoms with Crippen LogP contribution in [0.5, 0.6) is 0 Å². The summed E-state index contributed by atoms with van der Waals surface area (Å²) >= 11 is 0. The van der Waals surface area contributed by atoms with Gasteiger partial charge in [0.25, 0.3) is 11.8 Å². The lowest BCUT2D eigenvalue weighted by Crippen LogP contribution is -2.47. The summed E-state index contributed by atoms with van der Waals surface area (Å²) in [7, 11) is 0. The second-order valence-corrected chi connectivity index (χ2v) is 8.42. The van der Waals surface area contributed by atoms with Gasteiger partial charge in [-0.25, -0.2) is 4.90 Å². The van der Waals surface area contributed by atoms with Gasteiger partial charge in [0, 0.05) is 13.1 Å². The summed E-state index contributed by atoms with van der Waals surface area (Å²) in [6, 6.07) is 13.5. The predicted molar refractivity (Wildman–Crippen MR) is 118 cm³/mol. The summed E-state index contributed by atoms with van der Waals surface area (Å²) in [6.07, 6.45) is -0.0312. The van der Waals surface area contributed by atoms with Gasteiger partial charge in [-0.05, 0) is 57.4 Å². The Morgan fingerprint density at radius 1 is 0.867 bits per heavy atom. The summed E-state index contributed by atoms with van der Waals surface area (Å²) < 4.78 is 5.87. The molecule has 2 amide bonds. The van der Waals surface area contributed by atoms with Crippen molar-refractivity contribution in [2.24, 2.45) is 0 Å². The van der Waals surface area contributed by atoms with Crippen LogP contribution in [0.3, 0.4) is 0 Å². The van der Waals surface area contributed by atoms with E-state index in [9.17, 15) is 9.59 Å². The molecule has 2 aromatic carbocycles. The van der Waals surface area contributed by atoms with Crippen molar-refractivity contribution in [3.05, 3.63) is 70.4 Å². The van der Waals surface area contributed by atoms with Gasteiger partial charge >= 0.3 is 0 Å². The fraction of sp³-hybridized carbons (Fsp3) is 0.360. The molecule has 0 bridgehead atoms. The van der Waals surface area contributed by atoms with Crippen molar-refractivity contribution in [3.63, 3.8) is 0 Å². The topological polar surface area (TPSA) is 49.9 Å². The third kappa shape index (κ3) is 3.43. The molecule has 5 nitrogen and oxygen atoms in total. The number of hydrogen-bond acceptors (Lipinski definition) is 4. The van der Waals surface area contributed by atoms with E-state index in [2.05, 4.69) is 0 Å². The van der Waals surface area contributed by atoms with Gasteiger partial charge < -0.3 is 9.64 Å². The Bertz CT molecular complexity index is 1030. The Hall–Kier alpha value is -2.92. The molecule has 1 saturated heterocycles. The molecule has 1 fully saturated rings. The van der Waals surface area contributed by atoms with Gasteiger partial charge in [-0.2, -0.15) is 0 Å². The van der Waals surface area contributed by atoms with E-state index in [1.165, 1.54) is 4.90 Å². The van der Waals surface area contributed by atoms with Crippen molar-refractivity contribution >= 4 is 23.1 Å². The summed E-state index contributed by atoms with van der Waals surface area (Å²) in [5.41, 5.74) is 5.47. The largest absolute Gasteiger partial charge is 0.372 e. The number of carbonyl (C=O) groups excluding carboxylic acids is 2. The molecular weight excluding hydrogens is 376 g/mol. The molecule has 4 rings (SSSR count). The number of ether oxygens (including phenoxy) is 1. The molecule has 5 heteroatoms. The summed E-state index contributed by atoms with van der Waals surface area (Å²) in [5.74, 6) is -0.523. The van der Waals surface area contributed by atoms with E-state index in [0.29, 0.717) is 30.0 Å². The van der Waals surface area contributed by atoms with Crippen LogP contribution in [0.2, 0.25) is 0 Å². The summed E-state index contributed by atoms with van der Waals surface area (Å²) in [4.78, 5) is 30.8. The molecule has 2 unspecified atom stereocenters. The normalized spacial score (nSPS) is 22.3. The molecule has 2 aromatic rings. The van der Waals surface area contributed by atoms with Crippen LogP contribution in [-0.4, -0.2) is 42.0 Å². The van der Waals surface area contributed by atoms with Crippen molar-refractivity contribution < 1.29 is 14.3 Å². The molecule has 2 aliphatic rings. The Balaban J connectivity index is 1.86. The van der Waals surface area contributed by atoms with E-state index in [0.717, 1.165) is 22.3 Å². The zero-order valence-corrected chi connectivity index (χ0v) is 18.2. The van der Waals surface area contributed by atoms with E-state index < -0.39 is 0 Å². The number of rotatable bonds is 3. The first-order chi connectivity index (χ1) is 14.3. The molecule has 156 valence electrons. The van der Waals surface area contributed by atoms with Crippen LogP contribution >= 0.6 is 0 Å². The lowest BCUT2D eigenvalue weighted by molar-refractivity contribution is -0.121. The van der Waals surface area contributed by atoms with Crippen molar-refractivity contribution in [1.82, 2.24) is 4.90 Å². The minimum atomic E-state index is -0.264. The fourth-order valence-corrected chi connectivity index (χ4v) is 4.35. The SMILES string of the molecule is Cc1ccc(C2=C(N3CC(C)OC(C)C3)C(=O)N(c3cccc(C)c3C)C2=O)cc1. The summed E-state index contributed by atoms with van der Waals surface area (Å²) in [6.45, 7) is 11.1. The highest BCUT2D eigenvalue weighted by molar-refractivity contribution is 6.45. The van der Waals surface area contributed by atoms with Gasteiger partial charge in [0.1, 0.15) is 5.70 Å². The quantitative estimate of drug-likeness (QED) is 0.726. The van der Waals surface area contributed by atoms with Crippen LogP contribution in [0.25, 0.3) is 5.57 Å². The van der Waals surface area contributed by atoms with Gasteiger partial charge in [-0.15, -0.1) is 0 Å². The van der Waals surface area contributed by atoms with Crippen LogP contribution < -0.4 is 4.90 Å².